The van der Waals surface area contributed by atoms with Gasteiger partial charge in [-0.25, -0.2) is 4.57 Å². The second kappa shape index (κ2) is 8.63. The number of hydrogen-bond donors (Lipinski definition) is 2. The summed E-state index contributed by atoms with van der Waals surface area (Å²) in [7, 11) is -4.61. The minimum absolute atomic E-state index is 0.0366. The highest BCUT2D eigenvalue weighted by Crippen LogP contribution is 2.38. The molecule has 1 aliphatic heterocycles. The molecular formula is C13H23O7P. The van der Waals surface area contributed by atoms with Crippen LogP contribution in [-0.4, -0.2) is 34.8 Å². The van der Waals surface area contributed by atoms with Crippen LogP contribution in [0, 0.1) is 11.8 Å². The molecule has 0 spiro atoms. The maximum absolute atomic E-state index is 12.1. The van der Waals surface area contributed by atoms with Gasteiger partial charge in [-0.05, 0) is 6.42 Å². The monoisotopic (exact) mass is 322 g/mol. The van der Waals surface area contributed by atoms with Gasteiger partial charge >= 0.3 is 13.8 Å². The molecule has 1 rings (SSSR count). The average Bonchev–Trinajstić information content (AvgIpc) is 2.76. The number of hydrogen-bond acceptors (Lipinski definition) is 5. The van der Waals surface area contributed by atoms with E-state index in [1.54, 1.807) is 0 Å². The smallest absolute Gasteiger partial charge is 0.465 e. The molecule has 0 aromatic heterocycles. The van der Waals surface area contributed by atoms with Gasteiger partial charge in [-0.15, -0.1) is 0 Å². The zero-order valence-electron chi connectivity index (χ0n) is 12.2. The van der Waals surface area contributed by atoms with Crippen molar-refractivity contribution < 1.29 is 33.2 Å². The van der Waals surface area contributed by atoms with Gasteiger partial charge in [0.1, 0.15) is 11.7 Å². The van der Waals surface area contributed by atoms with Crippen molar-refractivity contribution in [3.63, 3.8) is 0 Å². The number of carbonyl (C=O) groups excluding carboxylic acids is 2. The van der Waals surface area contributed by atoms with Gasteiger partial charge in [0.05, 0.1) is 13.2 Å². The Kier molecular flexibility index (Phi) is 7.52. The molecule has 0 radical (unpaired) electrons. The van der Waals surface area contributed by atoms with E-state index in [2.05, 4.69) is 11.4 Å². The number of Topliss-reactive ketones (excluding diaryl/α,β-unsaturated/α-hetero) is 1. The quantitative estimate of drug-likeness (QED) is 0.273. The highest BCUT2D eigenvalue weighted by atomic mass is 31.2. The van der Waals surface area contributed by atoms with Gasteiger partial charge in [-0.2, -0.15) is 0 Å². The number of phosphoric ester groups is 1. The van der Waals surface area contributed by atoms with Crippen LogP contribution >= 0.6 is 7.82 Å². The van der Waals surface area contributed by atoms with Crippen LogP contribution in [0.1, 0.15) is 45.4 Å². The third-order valence-electron chi connectivity index (χ3n) is 3.50. The third-order valence-corrected chi connectivity index (χ3v) is 3.98. The molecule has 0 saturated carbocycles. The van der Waals surface area contributed by atoms with Gasteiger partial charge in [0.2, 0.25) is 0 Å². The van der Waals surface area contributed by atoms with Gasteiger partial charge in [0.15, 0.2) is 0 Å². The molecule has 2 atom stereocenters. The van der Waals surface area contributed by atoms with Gasteiger partial charge in [-0.1, -0.05) is 32.6 Å². The van der Waals surface area contributed by atoms with Crippen molar-refractivity contribution >= 4 is 19.6 Å². The number of cyclic esters (lactones) is 1. The fraction of sp³-hybridized carbons (Fsp3) is 0.846. The Hall–Kier alpha value is -0.750. The number of ketones is 1. The second-order valence-corrected chi connectivity index (χ2v) is 6.52. The highest BCUT2D eigenvalue weighted by molar-refractivity contribution is 7.46. The number of phosphoric acid groups is 1. The van der Waals surface area contributed by atoms with Crippen LogP contribution < -0.4 is 0 Å². The van der Waals surface area contributed by atoms with E-state index in [1.807, 2.05) is 0 Å². The van der Waals surface area contributed by atoms with Crippen molar-refractivity contribution in [2.24, 2.45) is 11.8 Å². The molecule has 21 heavy (non-hydrogen) atoms. The van der Waals surface area contributed by atoms with Crippen LogP contribution in [0.3, 0.4) is 0 Å². The zero-order valence-corrected chi connectivity index (χ0v) is 13.1. The van der Waals surface area contributed by atoms with E-state index in [0.717, 1.165) is 25.7 Å². The summed E-state index contributed by atoms with van der Waals surface area (Å²) in [4.78, 5) is 41.0. The number of rotatable bonds is 10. The Morgan fingerprint density at radius 2 is 2.00 bits per heavy atom. The second-order valence-electron chi connectivity index (χ2n) is 5.28. The third kappa shape index (κ3) is 6.70. The molecule has 1 aliphatic rings. The summed E-state index contributed by atoms with van der Waals surface area (Å²) >= 11 is 0. The molecule has 1 saturated heterocycles. The Morgan fingerprint density at radius 3 is 2.62 bits per heavy atom. The van der Waals surface area contributed by atoms with Crippen molar-refractivity contribution in [3.8, 4) is 0 Å². The summed E-state index contributed by atoms with van der Waals surface area (Å²) in [5.74, 6) is -2.42. The Bertz CT molecular complexity index is 403. The van der Waals surface area contributed by atoms with E-state index < -0.39 is 25.6 Å². The molecule has 0 amide bonds. The summed E-state index contributed by atoms with van der Waals surface area (Å²) in [5, 5.41) is 0. The van der Waals surface area contributed by atoms with Crippen molar-refractivity contribution in [1.82, 2.24) is 0 Å². The van der Waals surface area contributed by atoms with E-state index in [0.29, 0.717) is 6.42 Å². The predicted octanol–water partition coefficient (Wildman–Crippen LogP) is 1.81. The van der Waals surface area contributed by atoms with E-state index in [1.165, 1.54) is 0 Å². The first-order valence-electron chi connectivity index (χ1n) is 7.24. The molecule has 0 unspecified atom stereocenters. The lowest BCUT2D eigenvalue weighted by molar-refractivity contribution is -0.144. The lowest BCUT2D eigenvalue weighted by Crippen LogP contribution is -2.28. The van der Waals surface area contributed by atoms with Crippen molar-refractivity contribution in [2.75, 3.05) is 13.2 Å². The van der Waals surface area contributed by atoms with Crippen LogP contribution in [0.4, 0.5) is 0 Å². The van der Waals surface area contributed by atoms with Gasteiger partial charge < -0.3 is 14.5 Å². The fourth-order valence-electron chi connectivity index (χ4n) is 2.36. The lowest BCUT2D eigenvalue weighted by Gasteiger charge is -2.14. The SMILES string of the molecule is CCCCCCCC(=O)[C@@H]1C(=O)OC[C@H]1COP(=O)(O)O. The van der Waals surface area contributed by atoms with E-state index in [-0.39, 0.29) is 25.4 Å². The molecule has 1 fully saturated rings. The first kappa shape index (κ1) is 18.3. The molecule has 7 nitrogen and oxygen atoms in total. The summed E-state index contributed by atoms with van der Waals surface area (Å²) < 4.78 is 19.9. The van der Waals surface area contributed by atoms with Crippen molar-refractivity contribution in [1.29, 1.82) is 0 Å². The summed E-state index contributed by atoms with van der Waals surface area (Å²) in [6.07, 6.45) is 5.24. The molecule has 2 N–H and O–H groups in total. The Balaban J connectivity index is 2.42. The summed E-state index contributed by atoms with van der Waals surface area (Å²) in [6, 6.07) is 0. The fourth-order valence-corrected chi connectivity index (χ4v) is 2.74. The topological polar surface area (TPSA) is 110 Å². The zero-order chi connectivity index (χ0) is 15.9. The number of ether oxygens (including phenoxy) is 1. The maximum Gasteiger partial charge on any atom is 0.469 e. The normalized spacial score (nSPS) is 22.3. The van der Waals surface area contributed by atoms with Gasteiger partial charge in [0, 0.05) is 12.3 Å². The number of unbranched alkanes of at least 4 members (excludes halogenated alkanes) is 4. The summed E-state index contributed by atoms with van der Waals surface area (Å²) in [6.45, 7) is 1.71. The van der Waals surface area contributed by atoms with E-state index in [9.17, 15) is 14.2 Å². The van der Waals surface area contributed by atoms with Gasteiger partial charge in [0.25, 0.3) is 0 Å². The predicted molar refractivity (Wildman–Crippen MR) is 74.3 cm³/mol. The highest BCUT2D eigenvalue weighted by Gasteiger charge is 2.42. The van der Waals surface area contributed by atoms with Crippen LogP contribution in [-0.2, 0) is 23.4 Å². The molecule has 1 heterocycles. The van der Waals surface area contributed by atoms with Crippen molar-refractivity contribution in [2.45, 2.75) is 45.4 Å². The Morgan fingerprint density at radius 1 is 1.33 bits per heavy atom. The Labute approximate surface area is 124 Å². The van der Waals surface area contributed by atoms with Crippen LogP contribution in [0.5, 0.6) is 0 Å². The largest absolute Gasteiger partial charge is 0.469 e. The van der Waals surface area contributed by atoms with Crippen molar-refractivity contribution in [3.05, 3.63) is 0 Å². The molecule has 122 valence electrons. The lowest BCUT2D eigenvalue weighted by atomic mass is 9.89. The molecule has 0 aliphatic carbocycles. The average molecular weight is 322 g/mol. The van der Waals surface area contributed by atoms with Crippen LogP contribution in [0.2, 0.25) is 0 Å². The first-order chi connectivity index (χ1) is 9.85. The minimum atomic E-state index is -4.61. The standard InChI is InChI=1S/C13H23O7P/c1-2-3-4-5-6-7-11(14)12-10(8-19-13(12)15)9-20-21(16,17)18/h10,12H,2-9H2,1H3,(H2,16,17,18)/t10-,12+/m0/s1. The first-order valence-corrected chi connectivity index (χ1v) is 8.77. The molecule has 0 aromatic rings. The molecule has 8 heteroatoms. The summed E-state index contributed by atoms with van der Waals surface area (Å²) in [5.41, 5.74) is 0. The molecular weight excluding hydrogens is 299 g/mol. The van der Waals surface area contributed by atoms with E-state index in [4.69, 9.17) is 14.5 Å². The molecule has 0 aromatic carbocycles. The van der Waals surface area contributed by atoms with Gasteiger partial charge in [-0.3, -0.25) is 14.1 Å². The van der Waals surface area contributed by atoms with E-state index >= 15 is 0 Å². The van der Waals surface area contributed by atoms with Crippen LogP contribution in [0.15, 0.2) is 0 Å². The van der Waals surface area contributed by atoms with Crippen LogP contribution in [0.25, 0.3) is 0 Å². The number of carbonyl (C=O) groups is 2. The maximum atomic E-state index is 12.1. The molecule has 0 bridgehead atoms. The number of esters is 1. The minimum Gasteiger partial charge on any atom is -0.465 e.